The number of alkyl halides is 3. The highest BCUT2D eigenvalue weighted by Gasteiger charge is 2.34. The summed E-state index contributed by atoms with van der Waals surface area (Å²) in [7, 11) is 0. The average molecular weight is 390 g/mol. The van der Waals surface area contributed by atoms with Crippen molar-refractivity contribution < 1.29 is 9.72 Å². The molecule has 24 heavy (non-hydrogen) atoms. The molecule has 1 heterocycles. The summed E-state index contributed by atoms with van der Waals surface area (Å²) in [4.78, 5) is 26.2. The van der Waals surface area contributed by atoms with Gasteiger partial charge in [0.05, 0.1) is 4.92 Å². The Morgan fingerprint density at radius 1 is 1.17 bits per heavy atom. The van der Waals surface area contributed by atoms with Crippen molar-refractivity contribution in [2.75, 3.05) is 5.32 Å². The van der Waals surface area contributed by atoms with E-state index in [0.717, 1.165) is 0 Å². The third-order valence-corrected chi connectivity index (χ3v) is 3.54. The van der Waals surface area contributed by atoms with Crippen molar-refractivity contribution in [1.82, 2.24) is 10.3 Å². The number of carbonyl (C=O) groups excluding carboxylic acids is 1. The summed E-state index contributed by atoms with van der Waals surface area (Å²) in [5.41, 5.74) is 0.504. The molecule has 0 aliphatic heterocycles. The predicted molar refractivity (Wildman–Crippen MR) is 92.5 cm³/mol. The van der Waals surface area contributed by atoms with Crippen LogP contribution in [0, 0.1) is 10.1 Å². The topological polar surface area (TPSA) is 97.2 Å². The van der Waals surface area contributed by atoms with Crippen LogP contribution in [0.1, 0.15) is 10.5 Å². The molecule has 2 rings (SSSR count). The van der Waals surface area contributed by atoms with Gasteiger partial charge in [0.25, 0.3) is 11.6 Å². The fraction of sp³-hybridized carbons (Fsp3) is 0.143. The van der Waals surface area contributed by atoms with E-state index in [1.54, 1.807) is 12.1 Å². The third-order valence-electron chi connectivity index (χ3n) is 2.89. The lowest BCUT2D eigenvalue weighted by Crippen LogP contribution is -2.49. The van der Waals surface area contributed by atoms with Crippen LogP contribution < -0.4 is 10.6 Å². The van der Waals surface area contributed by atoms with Gasteiger partial charge in [-0.3, -0.25) is 19.9 Å². The molecule has 0 aliphatic carbocycles. The Labute approximate surface area is 152 Å². The highest BCUT2D eigenvalue weighted by Crippen LogP contribution is 2.31. The monoisotopic (exact) mass is 388 g/mol. The van der Waals surface area contributed by atoms with E-state index in [2.05, 4.69) is 15.6 Å². The standard InChI is InChI=1S/C14H11Cl3N4O3/c15-14(16,17)13(20-12(22)11-3-1-2-8-18-11)19-9-4-6-10(7-5-9)21(23)24/h1-8,13,19H,(H,20,22)/t13-/m1/s1. The second-order valence-electron chi connectivity index (χ2n) is 4.61. The number of hydrogen-bond donors (Lipinski definition) is 2. The lowest BCUT2D eigenvalue weighted by atomic mass is 10.2. The lowest BCUT2D eigenvalue weighted by molar-refractivity contribution is -0.384. The highest BCUT2D eigenvalue weighted by molar-refractivity contribution is 6.68. The Balaban J connectivity index is 2.14. The minimum atomic E-state index is -1.87. The molecule has 0 fully saturated rings. The summed E-state index contributed by atoms with van der Waals surface area (Å²) in [5, 5.41) is 16.0. The second-order valence-corrected chi connectivity index (χ2v) is 6.98. The average Bonchev–Trinajstić information content (AvgIpc) is 2.54. The van der Waals surface area contributed by atoms with Crippen LogP contribution in [0.2, 0.25) is 0 Å². The van der Waals surface area contributed by atoms with Gasteiger partial charge in [-0.1, -0.05) is 40.9 Å². The number of carbonyl (C=O) groups is 1. The molecule has 10 heteroatoms. The molecule has 2 aromatic rings. The number of nitrogens with zero attached hydrogens (tertiary/aromatic N) is 2. The van der Waals surface area contributed by atoms with E-state index >= 15 is 0 Å². The summed E-state index contributed by atoms with van der Waals surface area (Å²) >= 11 is 17.7. The van der Waals surface area contributed by atoms with Crippen molar-refractivity contribution in [3.05, 3.63) is 64.5 Å². The maximum atomic E-state index is 12.2. The van der Waals surface area contributed by atoms with Gasteiger partial charge in [0.2, 0.25) is 3.79 Å². The van der Waals surface area contributed by atoms with Crippen LogP contribution in [0.4, 0.5) is 11.4 Å². The fourth-order valence-electron chi connectivity index (χ4n) is 1.75. The molecule has 126 valence electrons. The van der Waals surface area contributed by atoms with Crippen molar-refractivity contribution >= 4 is 52.1 Å². The van der Waals surface area contributed by atoms with Gasteiger partial charge in [-0.2, -0.15) is 0 Å². The van der Waals surface area contributed by atoms with Gasteiger partial charge in [0.15, 0.2) is 0 Å². The van der Waals surface area contributed by atoms with Crippen LogP contribution in [0.3, 0.4) is 0 Å². The number of rotatable bonds is 5. The third kappa shape index (κ3) is 4.95. The molecule has 7 nitrogen and oxygen atoms in total. The van der Waals surface area contributed by atoms with Crippen molar-refractivity contribution in [3.8, 4) is 0 Å². The van der Waals surface area contributed by atoms with E-state index in [0.29, 0.717) is 5.69 Å². The van der Waals surface area contributed by atoms with Gasteiger partial charge in [0, 0.05) is 24.0 Å². The molecule has 0 saturated carbocycles. The lowest BCUT2D eigenvalue weighted by Gasteiger charge is -2.27. The summed E-state index contributed by atoms with van der Waals surface area (Å²) in [5.74, 6) is -0.540. The first kappa shape index (κ1) is 18.3. The smallest absolute Gasteiger partial charge is 0.271 e. The van der Waals surface area contributed by atoms with Gasteiger partial charge in [0.1, 0.15) is 11.9 Å². The molecule has 0 aliphatic rings. The van der Waals surface area contributed by atoms with Crippen molar-refractivity contribution in [1.29, 1.82) is 0 Å². The zero-order valence-electron chi connectivity index (χ0n) is 11.9. The molecule has 0 unspecified atom stereocenters. The summed E-state index contributed by atoms with van der Waals surface area (Å²) < 4.78 is -1.87. The van der Waals surface area contributed by atoms with Crippen molar-refractivity contribution in [3.63, 3.8) is 0 Å². The highest BCUT2D eigenvalue weighted by atomic mass is 35.6. The predicted octanol–water partition coefficient (Wildman–Crippen LogP) is 3.53. The second kappa shape index (κ2) is 7.65. The number of aromatic nitrogens is 1. The quantitative estimate of drug-likeness (QED) is 0.353. The van der Waals surface area contributed by atoms with E-state index in [9.17, 15) is 14.9 Å². The van der Waals surface area contributed by atoms with Crippen molar-refractivity contribution in [2.45, 2.75) is 9.96 Å². The first-order valence-electron chi connectivity index (χ1n) is 6.57. The normalized spacial score (nSPS) is 12.3. The van der Waals surface area contributed by atoms with E-state index in [1.165, 1.54) is 36.5 Å². The first-order chi connectivity index (χ1) is 11.3. The molecule has 1 atom stereocenters. The Morgan fingerprint density at radius 2 is 1.83 bits per heavy atom. The van der Waals surface area contributed by atoms with E-state index < -0.39 is 20.8 Å². The van der Waals surface area contributed by atoms with Gasteiger partial charge in [-0.25, -0.2) is 0 Å². The number of anilines is 1. The van der Waals surface area contributed by atoms with E-state index in [1.807, 2.05) is 0 Å². The molecular formula is C14H11Cl3N4O3. The summed E-state index contributed by atoms with van der Waals surface area (Å²) in [6.07, 6.45) is 0.377. The van der Waals surface area contributed by atoms with Crippen LogP contribution in [-0.4, -0.2) is 25.8 Å². The molecule has 0 radical (unpaired) electrons. The van der Waals surface area contributed by atoms with Crippen LogP contribution in [0.25, 0.3) is 0 Å². The van der Waals surface area contributed by atoms with Crippen LogP contribution >= 0.6 is 34.8 Å². The zero-order valence-corrected chi connectivity index (χ0v) is 14.2. The molecule has 0 bridgehead atoms. The minimum Gasteiger partial charge on any atom is -0.362 e. The molecule has 0 spiro atoms. The number of nitro benzene ring substituents is 1. The van der Waals surface area contributed by atoms with Gasteiger partial charge >= 0.3 is 0 Å². The number of nitrogens with one attached hydrogen (secondary N) is 2. The molecule has 2 N–H and O–H groups in total. The van der Waals surface area contributed by atoms with Gasteiger partial charge in [-0.15, -0.1) is 0 Å². The Hall–Kier alpha value is -2.09. The SMILES string of the molecule is O=C(N[C@@H](Nc1ccc([N+](=O)[O-])cc1)C(Cl)(Cl)Cl)c1ccccn1. The summed E-state index contributed by atoms with van der Waals surface area (Å²) in [6.45, 7) is 0. The Bertz CT molecular complexity index is 720. The number of nitro groups is 1. The Morgan fingerprint density at radius 3 is 2.33 bits per heavy atom. The first-order valence-corrected chi connectivity index (χ1v) is 7.70. The van der Waals surface area contributed by atoms with E-state index in [4.69, 9.17) is 34.8 Å². The molecular weight excluding hydrogens is 379 g/mol. The van der Waals surface area contributed by atoms with Crippen LogP contribution in [-0.2, 0) is 0 Å². The number of halogens is 3. The van der Waals surface area contributed by atoms with Crippen LogP contribution in [0.5, 0.6) is 0 Å². The zero-order chi connectivity index (χ0) is 17.7. The fourth-order valence-corrected chi connectivity index (χ4v) is 2.08. The number of non-ortho nitro benzene ring substituents is 1. The molecule has 1 aromatic heterocycles. The maximum absolute atomic E-state index is 12.2. The number of hydrogen-bond acceptors (Lipinski definition) is 5. The largest absolute Gasteiger partial charge is 0.362 e. The minimum absolute atomic E-state index is 0.0801. The van der Waals surface area contributed by atoms with Gasteiger partial charge < -0.3 is 10.6 Å². The molecule has 0 saturated heterocycles. The van der Waals surface area contributed by atoms with Gasteiger partial charge in [-0.05, 0) is 24.3 Å². The maximum Gasteiger partial charge on any atom is 0.271 e. The van der Waals surface area contributed by atoms with Crippen LogP contribution in [0.15, 0.2) is 48.7 Å². The summed E-state index contributed by atoms with van der Waals surface area (Å²) in [6, 6.07) is 10.3. The number of pyridine rings is 1. The number of benzene rings is 1. The number of amides is 1. The van der Waals surface area contributed by atoms with E-state index in [-0.39, 0.29) is 11.4 Å². The Kier molecular flexibility index (Phi) is 5.82. The molecule has 1 aromatic carbocycles. The van der Waals surface area contributed by atoms with Crippen molar-refractivity contribution in [2.24, 2.45) is 0 Å². The molecule has 1 amide bonds.